The van der Waals surface area contributed by atoms with E-state index in [0.29, 0.717) is 28.6 Å². The van der Waals surface area contributed by atoms with E-state index in [9.17, 15) is 10.1 Å². The van der Waals surface area contributed by atoms with Crippen molar-refractivity contribution in [2.75, 3.05) is 5.32 Å². The van der Waals surface area contributed by atoms with E-state index in [1.807, 2.05) is 49.4 Å². The van der Waals surface area contributed by atoms with Crippen LogP contribution >= 0.6 is 11.6 Å². The highest BCUT2D eigenvalue weighted by Gasteiger charge is 2.12. The lowest BCUT2D eigenvalue weighted by Gasteiger charge is -2.12. The van der Waals surface area contributed by atoms with Gasteiger partial charge in [-0.2, -0.15) is 5.26 Å². The highest BCUT2D eigenvalue weighted by Crippen LogP contribution is 2.28. The fourth-order valence-electron chi connectivity index (χ4n) is 3.48. The summed E-state index contributed by atoms with van der Waals surface area (Å²) in [5.41, 5.74) is 3.24. The maximum atomic E-state index is 12.7. The molecule has 0 aromatic heterocycles. The molecule has 4 rings (SSSR count). The maximum absolute atomic E-state index is 12.7. The quantitative estimate of drug-likeness (QED) is 0.255. The molecule has 0 aliphatic carbocycles. The number of rotatable bonds is 6. The molecule has 0 spiro atoms. The fraction of sp³-hybridized carbons (Fsp3) is 0.0714. The van der Waals surface area contributed by atoms with Gasteiger partial charge in [-0.05, 0) is 59.7 Å². The summed E-state index contributed by atoms with van der Waals surface area (Å²) in [6.07, 6.45) is 1.49. The number of fused-ring (bicyclic) bond motifs is 1. The van der Waals surface area contributed by atoms with Crippen LogP contribution in [0.5, 0.6) is 5.75 Å². The number of amides is 1. The number of nitriles is 1. The van der Waals surface area contributed by atoms with E-state index < -0.39 is 5.91 Å². The molecule has 0 unspecified atom stereocenters. The Labute approximate surface area is 197 Å². The smallest absolute Gasteiger partial charge is 0.266 e. The molecule has 0 heterocycles. The lowest BCUT2D eigenvalue weighted by Crippen LogP contribution is -2.13. The number of nitrogens with one attached hydrogen (secondary N) is 1. The second-order valence-electron chi connectivity index (χ2n) is 7.60. The Kier molecular flexibility index (Phi) is 6.73. The largest absolute Gasteiger partial charge is 0.488 e. The summed E-state index contributed by atoms with van der Waals surface area (Å²) in [6, 6.07) is 28.7. The van der Waals surface area contributed by atoms with Crippen LogP contribution in [0.4, 0.5) is 5.69 Å². The second-order valence-corrected chi connectivity index (χ2v) is 8.04. The first kappa shape index (κ1) is 22.1. The number of nitrogens with zero attached hydrogens (tertiary/aromatic N) is 1. The molecule has 33 heavy (non-hydrogen) atoms. The van der Waals surface area contributed by atoms with Crippen LogP contribution in [0.15, 0.2) is 90.5 Å². The monoisotopic (exact) mass is 452 g/mol. The van der Waals surface area contributed by atoms with E-state index in [2.05, 4.69) is 23.5 Å². The molecule has 0 aliphatic heterocycles. The van der Waals surface area contributed by atoms with Crippen molar-refractivity contribution in [1.82, 2.24) is 0 Å². The Balaban J connectivity index is 1.59. The number of carbonyl (C=O) groups excluding carboxylic acids is 1. The van der Waals surface area contributed by atoms with Crippen molar-refractivity contribution in [3.63, 3.8) is 0 Å². The van der Waals surface area contributed by atoms with Crippen LogP contribution in [0.25, 0.3) is 16.8 Å². The molecule has 0 radical (unpaired) electrons. The molecule has 4 nitrogen and oxygen atoms in total. The SMILES string of the molecule is Cc1ccc(NC(=O)/C(C#N)=C/c2cc(Cl)ccc2OCc2cccc3ccccc23)cc1. The number of ether oxygens (including phenoxy) is 1. The van der Waals surface area contributed by atoms with Crippen LogP contribution in [0.3, 0.4) is 0 Å². The molecular weight excluding hydrogens is 432 g/mol. The van der Waals surface area contributed by atoms with Gasteiger partial charge in [-0.1, -0.05) is 71.8 Å². The molecule has 0 aliphatic rings. The molecule has 162 valence electrons. The first-order chi connectivity index (χ1) is 16.0. The van der Waals surface area contributed by atoms with E-state index >= 15 is 0 Å². The summed E-state index contributed by atoms with van der Waals surface area (Å²) in [7, 11) is 0. The van der Waals surface area contributed by atoms with Crippen molar-refractivity contribution in [2.45, 2.75) is 13.5 Å². The number of hydrogen-bond acceptors (Lipinski definition) is 3. The third kappa shape index (κ3) is 5.41. The molecule has 0 fully saturated rings. The minimum absolute atomic E-state index is 0.0483. The van der Waals surface area contributed by atoms with Crippen molar-refractivity contribution < 1.29 is 9.53 Å². The van der Waals surface area contributed by atoms with Gasteiger partial charge in [0.15, 0.2) is 0 Å². The molecule has 0 bridgehead atoms. The van der Waals surface area contributed by atoms with Gasteiger partial charge in [-0.15, -0.1) is 0 Å². The number of anilines is 1. The van der Waals surface area contributed by atoms with E-state index in [0.717, 1.165) is 21.9 Å². The number of carbonyl (C=O) groups is 1. The number of benzene rings is 4. The highest BCUT2D eigenvalue weighted by atomic mass is 35.5. The van der Waals surface area contributed by atoms with Gasteiger partial charge in [-0.3, -0.25) is 4.79 Å². The maximum Gasteiger partial charge on any atom is 0.266 e. The summed E-state index contributed by atoms with van der Waals surface area (Å²) in [5, 5.41) is 15.1. The minimum Gasteiger partial charge on any atom is -0.488 e. The first-order valence-corrected chi connectivity index (χ1v) is 10.8. The summed E-state index contributed by atoms with van der Waals surface area (Å²) >= 11 is 6.19. The summed E-state index contributed by atoms with van der Waals surface area (Å²) < 4.78 is 6.10. The molecule has 4 aromatic carbocycles. The summed E-state index contributed by atoms with van der Waals surface area (Å²) in [6.45, 7) is 2.30. The van der Waals surface area contributed by atoms with Gasteiger partial charge < -0.3 is 10.1 Å². The average molecular weight is 453 g/mol. The molecule has 0 saturated carbocycles. The van der Waals surface area contributed by atoms with Crippen molar-refractivity contribution in [1.29, 1.82) is 5.26 Å². The van der Waals surface area contributed by atoms with E-state index in [1.54, 1.807) is 30.3 Å². The van der Waals surface area contributed by atoms with Gasteiger partial charge in [-0.25, -0.2) is 0 Å². The topological polar surface area (TPSA) is 62.1 Å². The molecule has 1 N–H and O–H groups in total. The van der Waals surface area contributed by atoms with Gasteiger partial charge in [0.1, 0.15) is 24.0 Å². The zero-order valence-electron chi connectivity index (χ0n) is 18.0. The minimum atomic E-state index is -0.499. The zero-order valence-corrected chi connectivity index (χ0v) is 18.8. The van der Waals surface area contributed by atoms with Crippen molar-refractivity contribution in [3.8, 4) is 11.8 Å². The number of aryl methyl sites for hydroxylation is 1. The highest BCUT2D eigenvalue weighted by molar-refractivity contribution is 6.30. The van der Waals surface area contributed by atoms with E-state index in [4.69, 9.17) is 16.3 Å². The van der Waals surface area contributed by atoms with Gasteiger partial charge in [0.25, 0.3) is 5.91 Å². The molecule has 5 heteroatoms. The van der Waals surface area contributed by atoms with Gasteiger partial charge >= 0.3 is 0 Å². The molecule has 1 amide bonds. The predicted molar refractivity (Wildman–Crippen MR) is 133 cm³/mol. The molecule has 4 aromatic rings. The molecule has 0 saturated heterocycles. The standard InChI is InChI=1S/C28H21ClN2O2/c1-19-9-12-25(13-10-19)31-28(32)23(17-30)15-22-16-24(29)11-14-27(22)33-18-21-7-4-6-20-5-2-3-8-26(20)21/h2-16H,18H2,1H3,(H,31,32)/b23-15+. The zero-order chi connectivity index (χ0) is 23.2. The van der Waals surface area contributed by atoms with Crippen LogP contribution in [-0.4, -0.2) is 5.91 Å². The first-order valence-electron chi connectivity index (χ1n) is 10.4. The Bertz CT molecular complexity index is 1380. The lowest BCUT2D eigenvalue weighted by atomic mass is 10.1. The van der Waals surface area contributed by atoms with Crippen LogP contribution < -0.4 is 10.1 Å². The van der Waals surface area contributed by atoms with E-state index in [1.165, 1.54) is 6.08 Å². The average Bonchev–Trinajstić information content (AvgIpc) is 2.83. The van der Waals surface area contributed by atoms with Gasteiger partial charge in [0, 0.05) is 16.3 Å². The number of halogens is 1. The van der Waals surface area contributed by atoms with Crippen LogP contribution in [0, 0.1) is 18.3 Å². The van der Waals surface area contributed by atoms with Crippen LogP contribution in [0.1, 0.15) is 16.7 Å². The third-order valence-corrected chi connectivity index (χ3v) is 5.44. The second kappa shape index (κ2) is 10.0. The molecular formula is C28H21ClN2O2. The van der Waals surface area contributed by atoms with Crippen LogP contribution in [-0.2, 0) is 11.4 Å². The van der Waals surface area contributed by atoms with Crippen LogP contribution in [0.2, 0.25) is 5.02 Å². The molecule has 0 atom stereocenters. The Morgan fingerprint density at radius 2 is 1.79 bits per heavy atom. The number of hydrogen-bond donors (Lipinski definition) is 1. The normalized spacial score (nSPS) is 11.1. The summed E-state index contributed by atoms with van der Waals surface area (Å²) in [4.78, 5) is 12.7. The van der Waals surface area contributed by atoms with Crippen molar-refractivity contribution in [3.05, 3.63) is 112 Å². The van der Waals surface area contributed by atoms with Gasteiger partial charge in [0.2, 0.25) is 0 Å². The van der Waals surface area contributed by atoms with Crippen molar-refractivity contribution in [2.24, 2.45) is 0 Å². The Morgan fingerprint density at radius 3 is 2.58 bits per heavy atom. The lowest BCUT2D eigenvalue weighted by molar-refractivity contribution is -0.112. The summed E-state index contributed by atoms with van der Waals surface area (Å²) in [5.74, 6) is 0.0320. The van der Waals surface area contributed by atoms with Crippen molar-refractivity contribution >= 4 is 40.0 Å². The fourth-order valence-corrected chi connectivity index (χ4v) is 3.66. The van der Waals surface area contributed by atoms with Gasteiger partial charge in [0.05, 0.1) is 0 Å². The third-order valence-electron chi connectivity index (χ3n) is 5.21. The Hall–Kier alpha value is -4.07. The predicted octanol–water partition coefficient (Wildman–Crippen LogP) is 6.93. The Morgan fingerprint density at radius 1 is 1.03 bits per heavy atom. The van der Waals surface area contributed by atoms with E-state index in [-0.39, 0.29) is 5.57 Å².